The zero-order valence-electron chi connectivity index (χ0n) is 11.5. The molecular formula is C16H19N3O. The van der Waals surface area contributed by atoms with Crippen LogP contribution in [0.3, 0.4) is 0 Å². The highest BCUT2D eigenvalue weighted by Crippen LogP contribution is 2.29. The first-order valence-electron chi connectivity index (χ1n) is 7.31. The normalized spacial score (nSPS) is 20.4. The monoisotopic (exact) mass is 269 g/mol. The maximum atomic E-state index is 12.2. The number of benzene rings is 1. The Morgan fingerprint density at radius 2 is 2.00 bits per heavy atom. The topological polar surface area (TPSA) is 56.1 Å². The zero-order chi connectivity index (χ0) is 13.9. The minimum Gasteiger partial charge on any atom is -0.349 e. The molecule has 1 amide bonds. The van der Waals surface area contributed by atoms with E-state index in [2.05, 4.69) is 16.3 Å². The van der Waals surface area contributed by atoms with Gasteiger partial charge in [-0.05, 0) is 43.9 Å². The van der Waals surface area contributed by atoms with Crippen molar-refractivity contribution in [1.29, 1.82) is 5.26 Å². The molecule has 0 spiro atoms. The van der Waals surface area contributed by atoms with Crippen LogP contribution in [0.15, 0.2) is 24.3 Å². The summed E-state index contributed by atoms with van der Waals surface area (Å²) in [5, 5.41) is 12.0. The molecule has 0 radical (unpaired) electrons. The van der Waals surface area contributed by atoms with Gasteiger partial charge in [-0.25, -0.2) is 0 Å². The number of hydrogen-bond donors (Lipinski definition) is 1. The third-order valence-corrected chi connectivity index (χ3v) is 4.18. The molecule has 4 nitrogen and oxygen atoms in total. The molecule has 4 heteroatoms. The summed E-state index contributed by atoms with van der Waals surface area (Å²) in [6.45, 7) is 2.18. The highest BCUT2D eigenvalue weighted by atomic mass is 16.1. The Balaban J connectivity index is 1.55. The van der Waals surface area contributed by atoms with Crippen molar-refractivity contribution in [3.05, 3.63) is 35.4 Å². The smallest absolute Gasteiger partial charge is 0.251 e. The van der Waals surface area contributed by atoms with E-state index in [-0.39, 0.29) is 11.9 Å². The Bertz CT molecular complexity index is 537. The van der Waals surface area contributed by atoms with Crippen molar-refractivity contribution in [2.45, 2.75) is 37.8 Å². The van der Waals surface area contributed by atoms with E-state index in [1.54, 1.807) is 24.3 Å². The summed E-state index contributed by atoms with van der Waals surface area (Å²) in [5.41, 5.74) is 1.11. The second kappa shape index (κ2) is 5.64. The minimum atomic E-state index is -0.0630. The molecule has 0 bridgehead atoms. The van der Waals surface area contributed by atoms with E-state index in [4.69, 9.17) is 5.26 Å². The van der Waals surface area contributed by atoms with Gasteiger partial charge in [-0.3, -0.25) is 4.79 Å². The number of amides is 1. The molecule has 20 heavy (non-hydrogen) atoms. The molecule has 2 fully saturated rings. The summed E-state index contributed by atoms with van der Waals surface area (Å²) in [6, 6.07) is 10.0. The number of hydrogen-bond acceptors (Lipinski definition) is 3. The van der Waals surface area contributed by atoms with E-state index in [9.17, 15) is 4.79 Å². The van der Waals surface area contributed by atoms with Crippen LogP contribution >= 0.6 is 0 Å². The molecule has 1 heterocycles. The van der Waals surface area contributed by atoms with E-state index in [1.165, 1.54) is 12.8 Å². The Labute approximate surface area is 119 Å². The van der Waals surface area contributed by atoms with Crippen molar-refractivity contribution in [2.75, 3.05) is 13.1 Å². The molecule has 1 aliphatic carbocycles. The number of rotatable bonds is 3. The fourth-order valence-electron chi connectivity index (χ4n) is 2.85. The summed E-state index contributed by atoms with van der Waals surface area (Å²) < 4.78 is 0. The van der Waals surface area contributed by atoms with Crippen molar-refractivity contribution in [3.63, 3.8) is 0 Å². The number of likely N-dealkylation sites (tertiary alicyclic amines) is 1. The second-order valence-electron chi connectivity index (χ2n) is 5.71. The lowest BCUT2D eigenvalue weighted by Crippen LogP contribution is -2.45. The van der Waals surface area contributed by atoms with Crippen LogP contribution in [0.2, 0.25) is 0 Å². The molecule has 2 aliphatic rings. The predicted molar refractivity (Wildman–Crippen MR) is 76.2 cm³/mol. The summed E-state index contributed by atoms with van der Waals surface area (Å²) in [7, 11) is 0. The summed E-state index contributed by atoms with van der Waals surface area (Å²) >= 11 is 0. The quantitative estimate of drug-likeness (QED) is 0.912. The van der Waals surface area contributed by atoms with Gasteiger partial charge in [0.15, 0.2) is 0 Å². The van der Waals surface area contributed by atoms with Gasteiger partial charge in [0.05, 0.1) is 11.6 Å². The average molecular weight is 269 g/mol. The average Bonchev–Trinajstić information content (AvgIpc) is 3.33. The Morgan fingerprint density at radius 1 is 1.25 bits per heavy atom. The Hall–Kier alpha value is -1.86. The molecule has 3 rings (SSSR count). The molecule has 1 aliphatic heterocycles. The number of nitrogens with zero attached hydrogens (tertiary/aromatic N) is 2. The van der Waals surface area contributed by atoms with E-state index >= 15 is 0 Å². The van der Waals surface area contributed by atoms with Crippen molar-refractivity contribution >= 4 is 5.91 Å². The van der Waals surface area contributed by atoms with Crippen LogP contribution in [0.1, 0.15) is 41.6 Å². The highest BCUT2D eigenvalue weighted by Gasteiger charge is 2.32. The number of carbonyl (C=O) groups excluding carboxylic acids is 1. The van der Waals surface area contributed by atoms with Crippen LogP contribution in [-0.4, -0.2) is 36.0 Å². The van der Waals surface area contributed by atoms with Gasteiger partial charge in [0.1, 0.15) is 0 Å². The number of piperidine rings is 1. The van der Waals surface area contributed by atoms with E-state index in [1.807, 2.05) is 0 Å². The van der Waals surface area contributed by atoms with E-state index < -0.39 is 0 Å². The lowest BCUT2D eigenvalue weighted by atomic mass is 10.0. The lowest BCUT2D eigenvalue weighted by molar-refractivity contribution is 0.0909. The first kappa shape index (κ1) is 13.1. The van der Waals surface area contributed by atoms with Crippen LogP contribution < -0.4 is 5.32 Å². The molecule has 1 aromatic carbocycles. The third-order valence-electron chi connectivity index (χ3n) is 4.18. The number of nitriles is 1. The van der Waals surface area contributed by atoms with Crippen LogP contribution in [0.4, 0.5) is 0 Å². The highest BCUT2D eigenvalue weighted by molar-refractivity contribution is 5.94. The molecule has 1 saturated carbocycles. The van der Waals surface area contributed by atoms with Gasteiger partial charge in [0, 0.05) is 30.7 Å². The minimum absolute atomic E-state index is 0.0630. The molecule has 104 valence electrons. The Kier molecular flexibility index (Phi) is 3.70. The van der Waals surface area contributed by atoms with Crippen LogP contribution in [0.25, 0.3) is 0 Å². The fraction of sp³-hybridized carbons (Fsp3) is 0.500. The Morgan fingerprint density at radius 3 is 2.65 bits per heavy atom. The molecule has 0 unspecified atom stereocenters. The molecular weight excluding hydrogens is 250 g/mol. The van der Waals surface area contributed by atoms with Crippen molar-refractivity contribution < 1.29 is 4.79 Å². The molecule has 1 saturated heterocycles. The number of carbonyl (C=O) groups is 1. The summed E-state index contributed by atoms with van der Waals surface area (Å²) in [4.78, 5) is 14.7. The maximum absolute atomic E-state index is 12.2. The van der Waals surface area contributed by atoms with Gasteiger partial charge in [-0.2, -0.15) is 5.26 Å². The van der Waals surface area contributed by atoms with Crippen LogP contribution in [-0.2, 0) is 0 Å². The first-order chi connectivity index (χ1) is 9.76. The fourth-order valence-corrected chi connectivity index (χ4v) is 2.85. The van der Waals surface area contributed by atoms with Gasteiger partial charge in [-0.1, -0.05) is 6.07 Å². The van der Waals surface area contributed by atoms with Crippen molar-refractivity contribution in [2.24, 2.45) is 0 Å². The maximum Gasteiger partial charge on any atom is 0.251 e. The third kappa shape index (κ3) is 3.00. The van der Waals surface area contributed by atoms with Gasteiger partial charge in [0.25, 0.3) is 5.91 Å². The molecule has 1 N–H and O–H groups in total. The zero-order valence-corrected chi connectivity index (χ0v) is 11.5. The standard InChI is InChI=1S/C16H19N3O/c17-11-12-2-1-3-13(10-12)16(20)18-14-6-8-19(9-7-14)15-4-5-15/h1-3,10,14-15H,4-9H2,(H,18,20). The van der Waals surface area contributed by atoms with E-state index in [0.717, 1.165) is 32.0 Å². The molecule has 0 aromatic heterocycles. The van der Waals surface area contributed by atoms with E-state index in [0.29, 0.717) is 11.1 Å². The van der Waals surface area contributed by atoms with Gasteiger partial charge in [-0.15, -0.1) is 0 Å². The second-order valence-corrected chi connectivity index (χ2v) is 5.71. The van der Waals surface area contributed by atoms with Crippen LogP contribution in [0.5, 0.6) is 0 Å². The van der Waals surface area contributed by atoms with Crippen LogP contribution in [0, 0.1) is 11.3 Å². The SMILES string of the molecule is N#Cc1cccc(C(=O)NC2CCN(C3CC3)CC2)c1. The van der Waals surface area contributed by atoms with Crippen molar-refractivity contribution in [3.8, 4) is 6.07 Å². The number of nitrogens with one attached hydrogen (secondary N) is 1. The van der Waals surface area contributed by atoms with Crippen molar-refractivity contribution in [1.82, 2.24) is 10.2 Å². The summed E-state index contributed by atoms with van der Waals surface area (Å²) in [6.07, 6.45) is 4.75. The van der Waals surface area contributed by atoms with Gasteiger partial charge in [0.2, 0.25) is 0 Å². The first-order valence-corrected chi connectivity index (χ1v) is 7.31. The van der Waals surface area contributed by atoms with Gasteiger partial charge < -0.3 is 10.2 Å². The lowest BCUT2D eigenvalue weighted by Gasteiger charge is -2.32. The molecule has 1 aromatic rings. The molecule has 0 atom stereocenters. The largest absolute Gasteiger partial charge is 0.349 e. The van der Waals surface area contributed by atoms with Gasteiger partial charge >= 0.3 is 0 Å². The predicted octanol–water partition coefficient (Wildman–Crippen LogP) is 1.91. The summed E-state index contributed by atoms with van der Waals surface area (Å²) in [5.74, 6) is -0.0630.